The van der Waals surface area contributed by atoms with Gasteiger partial charge in [0, 0.05) is 0 Å². The summed E-state index contributed by atoms with van der Waals surface area (Å²) in [6, 6.07) is 0. The number of carbonyl (C=O) groups excluding carboxylic acids is 1. The molecular weight excluding hydrogens is 277 g/mol. The third-order valence-corrected chi connectivity index (χ3v) is 2.12. The molecule has 96 valence electrons. The first-order chi connectivity index (χ1) is 8.30. The second-order valence-corrected chi connectivity index (χ2v) is 3.42. The Balaban J connectivity index is 2.55. The first-order valence-electron chi connectivity index (χ1n) is 4.28. The Hall–Kier alpha value is -2.17. The van der Waals surface area contributed by atoms with E-state index in [0.717, 1.165) is 6.33 Å². The van der Waals surface area contributed by atoms with Gasteiger partial charge in [0.05, 0.1) is 6.33 Å². The van der Waals surface area contributed by atoms with E-state index < -0.39 is 22.5 Å². The molecule has 0 spiro atoms. The van der Waals surface area contributed by atoms with Gasteiger partial charge in [0.1, 0.15) is 0 Å². The van der Waals surface area contributed by atoms with Crippen molar-refractivity contribution in [3.05, 3.63) is 21.5 Å². The molecule has 0 aromatic carbocycles. The summed E-state index contributed by atoms with van der Waals surface area (Å²) in [5.74, 6) is -2.55. The molecule has 0 unspecified atom stereocenters. The lowest BCUT2D eigenvalue weighted by Gasteiger charge is -2.07. The van der Waals surface area contributed by atoms with E-state index >= 15 is 0 Å². The molecule has 2 N–H and O–H groups in total. The van der Waals surface area contributed by atoms with Gasteiger partial charge in [0.2, 0.25) is 4.77 Å². The van der Waals surface area contributed by atoms with Crippen LogP contribution in [-0.2, 0) is 4.79 Å². The first-order valence-corrected chi connectivity index (χ1v) is 4.69. The predicted molar refractivity (Wildman–Crippen MR) is 53.2 cm³/mol. The number of halogens is 3. The molecular formula is C7H3F3N4O3S. The van der Waals surface area contributed by atoms with Crippen molar-refractivity contribution in [3.63, 3.8) is 0 Å². The second-order valence-electron chi connectivity index (χ2n) is 3.03. The Kier molecular flexibility index (Phi) is 2.69. The van der Waals surface area contributed by atoms with E-state index in [2.05, 4.69) is 32.0 Å². The van der Waals surface area contributed by atoms with Crippen molar-refractivity contribution in [2.75, 3.05) is 0 Å². The minimum atomic E-state index is -5.23. The summed E-state index contributed by atoms with van der Waals surface area (Å²) in [5.41, 5.74) is -1.17. The average molecular weight is 280 g/mol. The third kappa shape index (κ3) is 1.99. The van der Waals surface area contributed by atoms with Crippen molar-refractivity contribution in [2.45, 2.75) is 6.18 Å². The molecule has 0 aliphatic carbocycles. The zero-order valence-electron chi connectivity index (χ0n) is 8.24. The summed E-state index contributed by atoms with van der Waals surface area (Å²) >= 11 is 4.58. The molecule has 0 radical (unpaired) electrons. The van der Waals surface area contributed by atoms with Gasteiger partial charge in [0.15, 0.2) is 11.2 Å². The normalized spacial score (nSPS) is 11.7. The molecule has 11 heteroatoms. The van der Waals surface area contributed by atoms with Crippen molar-refractivity contribution in [3.8, 4) is 0 Å². The van der Waals surface area contributed by atoms with Crippen LogP contribution in [0.3, 0.4) is 0 Å². The van der Waals surface area contributed by atoms with Crippen LogP contribution < -0.4 is 10.4 Å². The topological polar surface area (TPSA) is 92.8 Å². The van der Waals surface area contributed by atoms with Gasteiger partial charge in [-0.3, -0.25) is 4.79 Å². The van der Waals surface area contributed by atoms with Crippen molar-refractivity contribution >= 4 is 29.4 Å². The number of rotatable bonds is 1. The fourth-order valence-corrected chi connectivity index (χ4v) is 1.33. The van der Waals surface area contributed by atoms with Gasteiger partial charge < -0.3 is 14.8 Å². The standard InChI is InChI=1S/C7H3F3N4O3S/c8-7(9,10)5(16)17-14-4(15)2-3(12-1-11-2)13-6(14)18/h1H,(H,11,12)(H,13,18). The Morgan fingerprint density at radius 1 is 1.50 bits per heavy atom. The van der Waals surface area contributed by atoms with Gasteiger partial charge >= 0.3 is 17.7 Å². The molecule has 0 fully saturated rings. The molecule has 2 rings (SSSR count). The number of hydrogen-bond acceptors (Lipinski definition) is 5. The fraction of sp³-hybridized carbons (Fsp3) is 0.143. The minimum Gasteiger partial charge on any atom is -0.339 e. The van der Waals surface area contributed by atoms with Crippen LogP contribution in [0.25, 0.3) is 11.2 Å². The molecule has 0 aliphatic rings. The molecule has 0 saturated heterocycles. The molecule has 7 nitrogen and oxygen atoms in total. The van der Waals surface area contributed by atoms with Crippen LogP contribution in [0.2, 0.25) is 0 Å². The van der Waals surface area contributed by atoms with Crippen LogP contribution in [0, 0.1) is 4.77 Å². The summed E-state index contributed by atoms with van der Waals surface area (Å²) in [5, 5.41) is 0. The number of aromatic nitrogens is 4. The van der Waals surface area contributed by atoms with Crippen molar-refractivity contribution in [2.24, 2.45) is 0 Å². The summed E-state index contributed by atoms with van der Waals surface area (Å²) in [4.78, 5) is 34.5. The SMILES string of the molecule is O=C(On1c(=S)[nH]c2nc[nH]c2c1=O)C(F)(F)F. The van der Waals surface area contributed by atoms with Gasteiger partial charge in [-0.15, -0.1) is 4.73 Å². The second kappa shape index (κ2) is 3.94. The van der Waals surface area contributed by atoms with Crippen LogP contribution >= 0.6 is 12.2 Å². The van der Waals surface area contributed by atoms with Crippen LogP contribution in [-0.4, -0.2) is 31.8 Å². The number of nitrogens with zero attached hydrogens (tertiary/aromatic N) is 2. The van der Waals surface area contributed by atoms with E-state index in [9.17, 15) is 22.8 Å². The number of alkyl halides is 3. The number of aromatic amines is 2. The van der Waals surface area contributed by atoms with E-state index in [1.54, 1.807) is 0 Å². The van der Waals surface area contributed by atoms with Gasteiger partial charge in [-0.1, -0.05) is 0 Å². The number of carbonyl (C=O) groups is 1. The molecule has 2 heterocycles. The van der Waals surface area contributed by atoms with E-state index in [0.29, 0.717) is 0 Å². The Morgan fingerprint density at radius 3 is 2.78 bits per heavy atom. The van der Waals surface area contributed by atoms with Gasteiger partial charge in [-0.2, -0.15) is 13.2 Å². The maximum Gasteiger partial charge on any atom is 0.493 e. The molecule has 0 amide bonds. The summed E-state index contributed by atoms with van der Waals surface area (Å²) in [6.07, 6.45) is -4.10. The zero-order valence-corrected chi connectivity index (χ0v) is 9.06. The van der Waals surface area contributed by atoms with E-state index in [4.69, 9.17) is 0 Å². The predicted octanol–water partition coefficient (Wildman–Crippen LogP) is 0.300. The van der Waals surface area contributed by atoms with E-state index in [1.165, 1.54) is 0 Å². The third-order valence-electron chi connectivity index (χ3n) is 1.85. The van der Waals surface area contributed by atoms with Crippen molar-refractivity contribution in [1.29, 1.82) is 0 Å². The van der Waals surface area contributed by atoms with Crippen molar-refractivity contribution < 1.29 is 22.8 Å². The highest BCUT2D eigenvalue weighted by Gasteiger charge is 2.42. The molecule has 2 aromatic rings. The van der Waals surface area contributed by atoms with Gasteiger partial charge in [-0.25, -0.2) is 9.78 Å². The molecule has 0 aliphatic heterocycles. The molecule has 18 heavy (non-hydrogen) atoms. The number of nitrogens with one attached hydrogen (secondary N) is 2. The van der Waals surface area contributed by atoms with Gasteiger partial charge in [-0.05, 0) is 12.2 Å². The highest BCUT2D eigenvalue weighted by atomic mass is 32.1. The molecule has 0 atom stereocenters. The highest BCUT2D eigenvalue weighted by Crippen LogP contribution is 2.14. The number of hydrogen-bond donors (Lipinski definition) is 2. The lowest BCUT2D eigenvalue weighted by Crippen LogP contribution is -2.39. The smallest absolute Gasteiger partial charge is 0.339 e. The first kappa shape index (κ1) is 12.3. The molecule has 0 bridgehead atoms. The summed E-state index contributed by atoms with van der Waals surface area (Å²) in [7, 11) is 0. The van der Waals surface area contributed by atoms with E-state index in [1.807, 2.05) is 0 Å². The summed E-state index contributed by atoms with van der Waals surface area (Å²) < 4.78 is 35.5. The Bertz CT molecular complexity index is 728. The lowest BCUT2D eigenvalue weighted by molar-refractivity contribution is -0.200. The number of fused-ring (bicyclic) bond motifs is 1. The Labute approximate surface area is 100 Å². The van der Waals surface area contributed by atoms with E-state index in [-0.39, 0.29) is 15.9 Å². The largest absolute Gasteiger partial charge is 0.493 e. The van der Waals surface area contributed by atoms with Gasteiger partial charge in [0.25, 0.3) is 0 Å². The van der Waals surface area contributed by atoms with Crippen LogP contribution in [0.15, 0.2) is 11.1 Å². The lowest BCUT2D eigenvalue weighted by atomic mass is 10.5. The van der Waals surface area contributed by atoms with Crippen LogP contribution in [0.1, 0.15) is 0 Å². The number of H-pyrrole nitrogens is 2. The monoisotopic (exact) mass is 280 g/mol. The maximum absolute atomic E-state index is 12.0. The van der Waals surface area contributed by atoms with Crippen LogP contribution in [0.5, 0.6) is 0 Å². The fourth-order valence-electron chi connectivity index (χ4n) is 1.12. The van der Waals surface area contributed by atoms with Crippen molar-refractivity contribution in [1.82, 2.24) is 19.7 Å². The summed E-state index contributed by atoms with van der Waals surface area (Å²) in [6.45, 7) is 0. The molecule has 2 aromatic heterocycles. The maximum atomic E-state index is 12.0. The number of imidazole rings is 1. The highest BCUT2D eigenvalue weighted by molar-refractivity contribution is 7.71. The Morgan fingerprint density at radius 2 is 2.17 bits per heavy atom. The quantitative estimate of drug-likeness (QED) is 0.733. The zero-order chi connectivity index (χ0) is 13.5. The average Bonchev–Trinajstić information content (AvgIpc) is 2.70. The molecule has 0 saturated carbocycles. The van der Waals surface area contributed by atoms with Crippen LogP contribution in [0.4, 0.5) is 13.2 Å². The minimum absolute atomic E-state index is 0.0334.